The first-order valence-electron chi connectivity index (χ1n) is 11.1. The Balaban J connectivity index is 1.50. The molecule has 6 N–H and O–H groups in total. The Morgan fingerprint density at radius 1 is 1.03 bits per heavy atom. The number of carbonyl (C=O) groups is 1. The van der Waals surface area contributed by atoms with Crippen molar-refractivity contribution in [1.29, 1.82) is 0 Å². The third-order valence-electron chi connectivity index (χ3n) is 6.52. The van der Waals surface area contributed by atoms with E-state index in [4.69, 9.17) is 15.8 Å². The smallest absolute Gasteiger partial charge is 0.451 e. The molecule has 0 radical (unpaired) electrons. The van der Waals surface area contributed by atoms with E-state index in [1.165, 1.54) is 16.7 Å². The first-order chi connectivity index (χ1) is 14.9. The predicted molar refractivity (Wildman–Crippen MR) is 123 cm³/mol. The Bertz CT molecular complexity index is 831. The van der Waals surface area contributed by atoms with E-state index >= 15 is 0 Å². The number of hydrogen-bond donors (Lipinski definition) is 5. The summed E-state index contributed by atoms with van der Waals surface area (Å²) >= 11 is 0. The van der Waals surface area contributed by atoms with Gasteiger partial charge in [-0.05, 0) is 54.6 Å². The van der Waals surface area contributed by atoms with Crippen LogP contribution in [0.2, 0.25) is 6.32 Å². The summed E-state index contributed by atoms with van der Waals surface area (Å²) in [5.74, 6) is -1.04. The lowest BCUT2D eigenvalue weighted by Crippen LogP contribution is -2.53. The van der Waals surface area contributed by atoms with Gasteiger partial charge in [-0.2, -0.15) is 0 Å². The highest BCUT2D eigenvalue weighted by Crippen LogP contribution is 2.36. The van der Waals surface area contributed by atoms with Gasteiger partial charge in [-0.1, -0.05) is 67.4 Å². The van der Waals surface area contributed by atoms with Crippen molar-refractivity contribution in [1.82, 2.24) is 5.32 Å². The molecule has 31 heavy (non-hydrogen) atoms. The SMILES string of the molecule is N[C@](CCCCB(O)O)(C(=O)O)[C@H]1CC[C@H](NCc2ccc(-c3ccccc3)cc2)C1. The maximum Gasteiger partial charge on any atom is 0.451 e. The molecule has 6 nitrogen and oxygen atoms in total. The average Bonchev–Trinajstić information content (AvgIpc) is 3.25. The molecular weight excluding hydrogens is 391 g/mol. The predicted octanol–water partition coefficient (Wildman–Crippen LogP) is 3.04. The highest BCUT2D eigenvalue weighted by molar-refractivity contribution is 6.40. The zero-order chi connectivity index (χ0) is 22.3. The Morgan fingerprint density at radius 2 is 1.71 bits per heavy atom. The van der Waals surface area contributed by atoms with Gasteiger partial charge >= 0.3 is 13.1 Å². The fraction of sp³-hybridized carbons (Fsp3) is 0.458. The van der Waals surface area contributed by atoms with Crippen LogP contribution in [0.1, 0.15) is 44.1 Å². The standard InChI is InChI=1S/C24H33BN2O4/c26-24(23(28)29,14-4-5-15-25(30)31)21-12-13-22(16-21)27-17-18-8-10-20(11-9-18)19-6-2-1-3-7-19/h1-3,6-11,21-22,27,30-31H,4-5,12-17,26H2,(H,28,29)/t21-,22-,24-/m0/s1. The topological polar surface area (TPSA) is 116 Å². The highest BCUT2D eigenvalue weighted by atomic mass is 16.4. The van der Waals surface area contributed by atoms with Crippen LogP contribution in [0.5, 0.6) is 0 Å². The number of rotatable bonds is 11. The van der Waals surface area contributed by atoms with Crippen molar-refractivity contribution in [3.63, 3.8) is 0 Å². The molecule has 1 saturated carbocycles. The van der Waals surface area contributed by atoms with Crippen molar-refractivity contribution < 1.29 is 19.9 Å². The van der Waals surface area contributed by atoms with Crippen LogP contribution in [-0.4, -0.2) is 39.8 Å². The van der Waals surface area contributed by atoms with Crippen LogP contribution in [-0.2, 0) is 11.3 Å². The fourth-order valence-corrected chi connectivity index (χ4v) is 4.57. The van der Waals surface area contributed by atoms with E-state index in [1.807, 2.05) is 18.2 Å². The molecule has 0 unspecified atom stereocenters. The monoisotopic (exact) mass is 424 g/mol. The quantitative estimate of drug-likeness (QED) is 0.280. The van der Waals surface area contributed by atoms with E-state index < -0.39 is 18.6 Å². The summed E-state index contributed by atoms with van der Waals surface area (Å²) in [4.78, 5) is 11.9. The van der Waals surface area contributed by atoms with Crippen LogP contribution in [0.25, 0.3) is 11.1 Å². The number of aliphatic carboxylic acids is 1. The van der Waals surface area contributed by atoms with Gasteiger partial charge in [0, 0.05) is 12.6 Å². The Kier molecular flexibility index (Phi) is 8.26. The molecule has 7 heteroatoms. The second-order valence-corrected chi connectivity index (χ2v) is 8.72. The van der Waals surface area contributed by atoms with Crippen molar-refractivity contribution in [3.8, 4) is 11.1 Å². The summed E-state index contributed by atoms with van der Waals surface area (Å²) in [5, 5.41) is 31.3. The van der Waals surface area contributed by atoms with Crippen LogP contribution >= 0.6 is 0 Å². The fourth-order valence-electron chi connectivity index (χ4n) is 4.57. The van der Waals surface area contributed by atoms with Crippen LogP contribution in [0.4, 0.5) is 0 Å². The number of hydrogen-bond acceptors (Lipinski definition) is 5. The molecule has 0 bridgehead atoms. The van der Waals surface area contributed by atoms with Gasteiger partial charge in [0.2, 0.25) is 0 Å². The van der Waals surface area contributed by atoms with Gasteiger partial charge in [-0.25, -0.2) is 0 Å². The van der Waals surface area contributed by atoms with Crippen molar-refractivity contribution in [2.45, 2.75) is 63.0 Å². The molecule has 2 aromatic rings. The molecule has 0 spiro atoms. The number of nitrogens with two attached hydrogens (primary N) is 1. The molecule has 0 amide bonds. The Labute approximate surface area is 184 Å². The number of unbranched alkanes of at least 4 members (excludes halogenated alkanes) is 1. The van der Waals surface area contributed by atoms with E-state index in [-0.39, 0.29) is 18.3 Å². The molecule has 2 aromatic carbocycles. The molecule has 3 atom stereocenters. The molecule has 1 aliphatic carbocycles. The molecule has 1 fully saturated rings. The van der Waals surface area contributed by atoms with Crippen molar-refractivity contribution >= 4 is 13.1 Å². The summed E-state index contributed by atoms with van der Waals surface area (Å²) in [6.07, 6.45) is 4.17. The lowest BCUT2D eigenvalue weighted by Gasteiger charge is -2.31. The molecule has 0 aromatic heterocycles. The molecule has 1 aliphatic rings. The second-order valence-electron chi connectivity index (χ2n) is 8.72. The third-order valence-corrected chi connectivity index (χ3v) is 6.52. The first-order valence-corrected chi connectivity index (χ1v) is 11.1. The third kappa shape index (κ3) is 6.40. The van der Waals surface area contributed by atoms with Gasteiger partial charge in [0.1, 0.15) is 5.54 Å². The number of nitrogens with one attached hydrogen (secondary N) is 1. The minimum absolute atomic E-state index is 0.0815. The van der Waals surface area contributed by atoms with Gasteiger partial charge in [0.05, 0.1) is 0 Å². The number of carboxylic acids is 1. The lowest BCUT2D eigenvalue weighted by molar-refractivity contribution is -0.146. The minimum Gasteiger partial charge on any atom is -0.480 e. The molecule has 0 aliphatic heterocycles. The van der Waals surface area contributed by atoms with Crippen LogP contribution in [0, 0.1) is 5.92 Å². The number of carboxylic acid groups (broad SMARTS) is 1. The molecule has 0 saturated heterocycles. The summed E-state index contributed by atoms with van der Waals surface area (Å²) in [7, 11) is -1.35. The van der Waals surface area contributed by atoms with Gasteiger partial charge in [-0.3, -0.25) is 4.79 Å². The van der Waals surface area contributed by atoms with E-state index in [9.17, 15) is 9.90 Å². The molecular formula is C24H33BN2O4. The lowest BCUT2D eigenvalue weighted by atomic mass is 9.77. The van der Waals surface area contributed by atoms with Crippen LogP contribution in [0.3, 0.4) is 0 Å². The summed E-state index contributed by atoms with van der Waals surface area (Å²) in [6, 6.07) is 19.0. The van der Waals surface area contributed by atoms with Gasteiger partial charge in [0.25, 0.3) is 0 Å². The van der Waals surface area contributed by atoms with Gasteiger partial charge < -0.3 is 26.2 Å². The Hall–Kier alpha value is -2.19. The van der Waals surface area contributed by atoms with Crippen molar-refractivity contribution in [3.05, 3.63) is 60.2 Å². The molecule has 0 heterocycles. The van der Waals surface area contributed by atoms with Gasteiger partial charge in [0.15, 0.2) is 0 Å². The van der Waals surface area contributed by atoms with Gasteiger partial charge in [-0.15, -0.1) is 0 Å². The number of benzene rings is 2. The Morgan fingerprint density at radius 3 is 2.35 bits per heavy atom. The summed E-state index contributed by atoms with van der Waals surface area (Å²) in [5.41, 5.74) is 8.68. The second kappa shape index (κ2) is 10.9. The van der Waals surface area contributed by atoms with E-state index in [2.05, 4.69) is 41.7 Å². The zero-order valence-electron chi connectivity index (χ0n) is 17.9. The summed E-state index contributed by atoms with van der Waals surface area (Å²) < 4.78 is 0. The zero-order valence-corrected chi connectivity index (χ0v) is 17.9. The average molecular weight is 424 g/mol. The minimum atomic E-state index is -1.35. The largest absolute Gasteiger partial charge is 0.480 e. The maximum absolute atomic E-state index is 11.9. The van der Waals surface area contributed by atoms with Crippen LogP contribution < -0.4 is 11.1 Å². The molecule has 166 valence electrons. The molecule has 3 rings (SSSR count). The summed E-state index contributed by atoms with van der Waals surface area (Å²) in [6.45, 7) is 0.742. The maximum atomic E-state index is 11.9. The first kappa shape index (κ1) is 23.5. The van der Waals surface area contributed by atoms with Crippen molar-refractivity contribution in [2.75, 3.05) is 0 Å². The van der Waals surface area contributed by atoms with E-state index in [0.29, 0.717) is 19.3 Å². The van der Waals surface area contributed by atoms with Crippen molar-refractivity contribution in [2.24, 2.45) is 11.7 Å². The van der Waals surface area contributed by atoms with Crippen LogP contribution in [0.15, 0.2) is 54.6 Å². The highest BCUT2D eigenvalue weighted by Gasteiger charge is 2.45. The van der Waals surface area contributed by atoms with E-state index in [0.717, 1.165) is 25.8 Å². The normalized spacial score (nSPS) is 20.4. The van der Waals surface area contributed by atoms with E-state index in [1.54, 1.807) is 0 Å².